The van der Waals surface area contributed by atoms with Crippen molar-refractivity contribution in [2.24, 2.45) is 17.8 Å². The molecule has 4 heteroatoms. The molecule has 0 spiro atoms. The fourth-order valence-corrected chi connectivity index (χ4v) is 3.36. The number of hydrogen-bond donors (Lipinski definition) is 1. The highest BCUT2D eigenvalue weighted by Crippen LogP contribution is 2.39. The summed E-state index contributed by atoms with van der Waals surface area (Å²) in [7, 11) is 0. The Balaban J connectivity index is 2.08. The van der Waals surface area contributed by atoms with E-state index in [9.17, 15) is 14.7 Å². The van der Waals surface area contributed by atoms with Gasteiger partial charge in [-0.25, -0.2) is 0 Å². The van der Waals surface area contributed by atoms with E-state index in [0.717, 1.165) is 25.8 Å². The molecular formula is C15H23NO3. The lowest BCUT2D eigenvalue weighted by Gasteiger charge is -2.30. The third-order valence-electron chi connectivity index (χ3n) is 4.52. The molecule has 3 unspecified atom stereocenters. The molecule has 106 valence electrons. The minimum atomic E-state index is -0.807. The number of carbonyl (C=O) groups excluding carboxylic acids is 1. The normalized spacial score (nSPS) is 31.2. The third-order valence-corrected chi connectivity index (χ3v) is 4.52. The first kappa shape index (κ1) is 14.1. The van der Waals surface area contributed by atoms with Crippen LogP contribution < -0.4 is 0 Å². The number of nitrogens with zero attached hydrogens (tertiary/aromatic N) is 1. The minimum Gasteiger partial charge on any atom is -0.481 e. The molecular weight excluding hydrogens is 242 g/mol. The molecule has 2 aliphatic rings. The van der Waals surface area contributed by atoms with Crippen LogP contribution in [-0.4, -0.2) is 35.0 Å². The van der Waals surface area contributed by atoms with Gasteiger partial charge in [-0.3, -0.25) is 9.59 Å². The highest BCUT2D eigenvalue weighted by molar-refractivity contribution is 5.85. The second-order valence-electron chi connectivity index (χ2n) is 5.90. The zero-order valence-electron chi connectivity index (χ0n) is 11.8. The van der Waals surface area contributed by atoms with E-state index in [2.05, 4.69) is 13.0 Å². The Hall–Kier alpha value is -1.32. The lowest BCUT2D eigenvalue weighted by Crippen LogP contribution is -2.41. The molecule has 0 aromatic heterocycles. The first-order valence-electron chi connectivity index (χ1n) is 7.20. The van der Waals surface area contributed by atoms with Gasteiger partial charge < -0.3 is 10.0 Å². The van der Waals surface area contributed by atoms with Gasteiger partial charge in [0, 0.05) is 13.1 Å². The van der Waals surface area contributed by atoms with Crippen molar-refractivity contribution < 1.29 is 14.7 Å². The number of amides is 1. The molecule has 1 aliphatic heterocycles. The Morgan fingerprint density at radius 2 is 2.05 bits per heavy atom. The van der Waals surface area contributed by atoms with Crippen LogP contribution in [0.2, 0.25) is 0 Å². The van der Waals surface area contributed by atoms with Crippen molar-refractivity contribution in [3.63, 3.8) is 0 Å². The molecule has 1 heterocycles. The molecule has 0 bridgehead atoms. The summed E-state index contributed by atoms with van der Waals surface area (Å²) in [6.45, 7) is 5.50. The molecule has 19 heavy (non-hydrogen) atoms. The first-order valence-corrected chi connectivity index (χ1v) is 7.20. The van der Waals surface area contributed by atoms with Crippen LogP contribution in [0.3, 0.4) is 0 Å². The minimum absolute atomic E-state index is 0.0517. The standard InChI is InChI=1S/C15H23NO3/c1-3-11-7-12(13(8-11)15(18)19)14(17)16-6-4-5-10(2)9-16/h5,11-13H,3-4,6-9H2,1-2H3,(H,18,19). The molecule has 0 radical (unpaired) electrons. The summed E-state index contributed by atoms with van der Waals surface area (Å²) in [5.74, 6) is -1.16. The number of aliphatic carboxylic acids is 1. The van der Waals surface area contributed by atoms with Crippen LogP contribution in [0.5, 0.6) is 0 Å². The summed E-state index contributed by atoms with van der Waals surface area (Å²) in [6, 6.07) is 0. The van der Waals surface area contributed by atoms with E-state index < -0.39 is 11.9 Å². The molecule has 1 amide bonds. The molecule has 1 fully saturated rings. The largest absolute Gasteiger partial charge is 0.481 e. The van der Waals surface area contributed by atoms with Crippen LogP contribution >= 0.6 is 0 Å². The molecule has 1 N–H and O–H groups in total. The second-order valence-corrected chi connectivity index (χ2v) is 5.90. The smallest absolute Gasteiger partial charge is 0.307 e. The monoisotopic (exact) mass is 265 g/mol. The van der Waals surface area contributed by atoms with Gasteiger partial charge in [0.15, 0.2) is 0 Å². The summed E-state index contributed by atoms with van der Waals surface area (Å²) in [5.41, 5.74) is 1.21. The van der Waals surface area contributed by atoms with Gasteiger partial charge in [0.2, 0.25) is 5.91 Å². The van der Waals surface area contributed by atoms with Gasteiger partial charge in [0.05, 0.1) is 11.8 Å². The number of hydrogen-bond acceptors (Lipinski definition) is 2. The van der Waals surface area contributed by atoms with E-state index in [1.54, 1.807) is 0 Å². The summed E-state index contributed by atoms with van der Waals surface area (Å²) in [4.78, 5) is 25.7. The zero-order valence-corrected chi connectivity index (χ0v) is 11.8. The Kier molecular flexibility index (Phi) is 4.27. The topological polar surface area (TPSA) is 57.6 Å². The van der Waals surface area contributed by atoms with E-state index in [1.807, 2.05) is 11.8 Å². The van der Waals surface area contributed by atoms with Crippen molar-refractivity contribution in [1.29, 1.82) is 0 Å². The van der Waals surface area contributed by atoms with Crippen molar-refractivity contribution in [2.75, 3.05) is 13.1 Å². The fourth-order valence-electron chi connectivity index (χ4n) is 3.36. The van der Waals surface area contributed by atoms with Gasteiger partial charge in [-0.2, -0.15) is 0 Å². The van der Waals surface area contributed by atoms with Gasteiger partial charge in [0.1, 0.15) is 0 Å². The average molecular weight is 265 g/mol. The van der Waals surface area contributed by atoms with Gasteiger partial charge in [-0.1, -0.05) is 25.0 Å². The molecule has 3 atom stereocenters. The average Bonchev–Trinajstić information content (AvgIpc) is 2.82. The zero-order chi connectivity index (χ0) is 14.0. The van der Waals surface area contributed by atoms with Crippen LogP contribution in [-0.2, 0) is 9.59 Å². The molecule has 0 aromatic rings. The van der Waals surface area contributed by atoms with E-state index in [-0.39, 0.29) is 11.8 Å². The van der Waals surface area contributed by atoms with Crippen molar-refractivity contribution in [3.8, 4) is 0 Å². The molecule has 4 nitrogen and oxygen atoms in total. The first-order chi connectivity index (χ1) is 9.02. The Bertz CT molecular complexity index is 402. The van der Waals surface area contributed by atoms with Gasteiger partial charge >= 0.3 is 5.97 Å². The molecule has 2 rings (SSSR count). The molecule has 0 aromatic carbocycles. The number of carboxylic acids is 1. The van der Waals surface area contributed by atoms with Crippen LogP contribution in [0.25, 0.3) is 0 Å². The van der Waals surface area contributed by atoms with Gasteiger partial charge in [0.25, 0.3) is 0 Å². The lowest BCUT2D eigenvalue weighted by molar-refractivity contribution is -0.149. The highest BCUT2D eigenvalue weighted by atomic mass is 16.4. The van der Waals surface area contributed by atoms with E-state index in [4.69, 9.17) is 0 Å². The van der Waals surface area contributed by atoms with Crippen molar-refractivity contribution >= 4 is 11.9 Å². The van der Waals surface area contributed by atoms with Crippen LogP contribution in [0, 0.1) is 17.8 Å². The van der Waals surface area contributed by atoms with Crippen molar-refractivity contribution in [1.82, 2.24) is 4.90 Å². The second kappa shape index (κ2) is 5.76. The predicted molar refractivity (Wildman–Crippen MR) is 72.6 cm³/mol. The summed E-state index contributed by atoms with van der Waals surface area (Å²) in [5, 5.41) is 9.31. The van der Waals surface area contributed by atoms with Crippen molar-refractivity contribution in [2.45, 2.75) is 39.5 Å². The SMILES string of the molecule is CCC1CC(C(=O)O)C(C(=O)N2CCC=C(C)C2)C1. The van der Waals surface area contributed by atoms with Gasteiger partial charge in [-0.05, 0) is 32.1 Å². The maximum absolute atomic E-state index is 12.6. The molecule has 0 saturated heterocycles. The van der Waals surface area contributed by atoms with Crippen LogP contribution in [0.4, 0.5) is 0 Å². The maximum Gasteiger partial charge on any atom is 0.307 e. The quantitative estimate of drug-likeness (QED) is 0.797. The predicted octanol–water partition coefficient (Wildman–Crippen LogP) is 2.30. The lowest BCUT2D eigenvalue weighted by atomic mass is 9.94. The fraction of sp³-hybridized carbons (Fsp3) is 0.733. The number of rotatable bonds is 3. The Labute approximate surface area is 114 Å². The number of carbonyl (C=O) groups is 2. The van der Waals surface area contributed by atoms with Crippen LogP contribution in [0.1, 0.15) is 39.5 Å². The van der Waals surface area contributed by atoms with E-state index in [1.165, 1.54) is 5.57 Å². The highest BCUT2D eigenvalue weighted by Gasteiger charge is 2.43. The summed E-state index contributed by atoms with van der Waals surface area (Å²) in [6.07, 6.45) is 5.41. The van der Waals surface area contributed by atoms with Crippen LogP contribution in [0.15, 0.2) is 11.6 Å². The molecule has 1 saturated carbocycles. The maximum atomic E-state index is 12.6. The Morgan fingerprint density at radius 1 is 1.37 bits per heavy atom. The van der Waals surface area contributed by atoms with E-state index >= 15 is 0 Å². The summed E-state index contributed by atoms with van der Waals surface area (Å²) < 4.78 is 0. The van der Waals surface area contributed by atoms with E-state index in [0.29, 0.717) is 18.9 Å². The van der Waals surface area contributed by atoms with Gasteiger partial charge in [-0.15, -0.1) is 0 Å². The third kappa shape index (κ3) is 2.99. The molecule has 1 aliphatic carbocycles. The summed E-state index contributed by atoms with van der Waals surface area (Å²) >= 11 is 0. The number of carboxylic acid groups (broad SMARTS) is 1. The van der Waals surface area contributed by atoms with Crippen molar-refractivity contribution in [3.05, 3.63) is 11.6 Å². The Morgan fingerprint density at radius 3 is 2.63 bits per heavy atom.